The van der Waals surface area contributed by atoms with Crippen LogP contribution in [0.2, 0.25) is 5.02 Å². The van der Waals surface area contributed by atoms with Crippen LogP contribution < -0.4 is 10.2 Å². The average molecular weight is 509 g/mol. The van der Waals surface area contributed by atoms with Crippen LogP contribution in [-0.4, -0.2) is 44.1 Å². The fourth-order valence-electron chi connectivity index (χ4n) is 3.40. The van der Waals surface area contributed by atoms with Gasteiger partial charge in [-0.1, -0.05) is 30.7 Å². The van der Waals surface area contributed by atoms with Gasteiger partial charge < -0.3 is 5.32 Å². The summed E-state index contributed by atoms with van der Waals surface area (Å²) in [6.07, 6.45) is -4.12. The van der Waals surface area contributed by atoms with Crippen molar-refractivity contribution in [1.29, 1.82) is 0 Å². The average Bonchev–Trinajstić information content (AvgIpc) is 3.25. The molecule has 35 heavy (non-hydrogen) atoms. The number of hydrogen-bond acceptors (Lipinski definition) is 5. The third-order valence-corrected chi connectivity index (χ3v) is 5.26. The van der Waals surface area contributed by atoms with Crippen molar-refractivity contribution in [3.63, 3.8) is 0 Å². The van der Waals surface area contributed by atoms with Gasteiger partial charge in [-0.25, -0.2) is 0 Å². The summed E-state index contributed by atoms with van der Waals surface area (Å²) in [7, 11) is 0. The molecular weight excluding hydrogens is 485 g/mol. The van der Waals surface area contributed by atoms with Crippen molar-refractivity contribution in [3.05, 3.63) is 59.1 Å². The molecular formula is C23H24ClF3N6O2. The molecule has 1 heterocycles. The molecule has 1 N–H and O–H groups in total. The number of amides is 2. The van der Waals surface area contributed by atoms with Crippen molar-refractivity contribution < 1.29 is 22.8 Å². The van der Waals surface area contributed by atoms with E-state index >= 15 is 0 Å². The molecule has 2 amide bonds. The monoisotopic (exact) mass is 508 g/mol. The lowest BCUT2D eigenvalue weighted by atomic mass is 10.1. The predicted molar refractivity (Wildman–Crippen MR) is 125 cm³/mol. The molecule has 0 saturated heterocycles. The fourth-order valence-corrected chi connectivity index (χ4v) is 3.52. The van der Waals surface area contributed by atoms with Gasteiger partial charge in [-0.05, 0) is 61.9 Å². The Labute approximate surface area is 205 Å². The van der Waals surface area contributed by atoms with Crippen LogP contribution in [0.4, 0.5) is 18.9 Å². The Morgan fingerprint density at radius 1 is 1.09 bits per heavy atom. The Hall–Kier alpha value is -3.47. The van der Waals surface area contributed by atoms with Crippen LogP contribution in [0, 0.1) is 0 Å². The van der Waals surface area contributed by atoms with Gasteiger partial charge in [0.2, 0.25) is 11.7 Å². The molecule has 0 saturated carbocycles. The van der Waals surface area contributed by atoms with E-state index in [4.69, 9.17) is 11.6 Å². The van der Waals surface area contributed by atoms with Crippen molar-refractivity contribution >= 4 is 29.1 Å². The molecule has 0 aliphatic rings. The van der Waals surface area contributed by atoms with E-state index in [2.05, 4.69) is 20.7 Å². The summed E-state index contributed by atoms with van der Waals surface area (Å²) >= 11 is 5.99. The minimum absolute atomic E-state index is 0.0640. The van der Waals surface area contributed by atoms with Crippen LogP contribution in [0.3, 0.4) is 0 Å². The molecule has 0 aliphatic carbocycles. The third-order valence-electron chi connectivity index (χ3n) is 5.01. The van der Waals surface area contributed by atoms with Gasteiger partial charge in [0.05, 0.1) is 5.56 Å². The zero-order valence-corrected chi connectivity index (χ0v) is 20.0. The predicted octanol–water partition coefficient (Wildman–Crippen LogP) is 4.35. The number of carbonyl (C=O) groups excluding carboxylic acids is 2. The van der Waals surface area contributed by atoms with Gasteiger partial charge >= 0.3 is 6.18 Å². The second-order valence-electron chi connectivity index (χ2n) is 8.05. The number of anilines is 1. The van der Waals surface area contributed by atoms with E-state index < -0.39 is 23.7 Å². The van der Waals surface area contributed by atoms with Crippen molar-refractivity contribution in [2.24, 2.45) is 0 Å². The van der Waals surface area contributed by atoms with E-state index in [-0.39, 0.29) is 24.3 Å². The zero-order valence-electron chi connectivity index (χ0n) is 19.3. The first kappa shape index (κ1) is 26.1. The first-order chi connectivity index (χ1) is 16.5. The fraction of sp³-hybridized carbons (Fsp3) is 0.348. The Balaban J connectivity index is 1.85. The maximum absolute atomic E-state index is 13.3. The Kier molecular flexibility index (Phi) is 8.11. The first-order valence-electron chi connectivity index (χ1n) is 10.8. The SMILES string of the molecule is CC[C@@H](C(=O)NC(C)C)N(C(=O)Cn1nnc(-c2ccc(C(F)(F)F)cc2)n1)c1ccc(Cl)cc1. The van der Waals surface area contributed by atoms with Gasteiger partial charge in [0.1, 0.15) is 12.6 Å². The van der Waals surface area contributed by atoms with E-state index in [1.165, 1.54) is 17.0 Å². The highest BCUT2D eigenvalue weighted by Crippen LogP contribution is 2.30. The van der Waals surface area contributed by atoms with Crippen molar-refractivity contribution in [1.82, 2.24) is 25.5 Å². The highest BCUT2D eigenvalue weighted by Gasteiger charge is 2.31. The molecule has 2 aromatic carbocycles. The number of rotatable bonds is 8. The maximum atomic E-state index is 13.3. The molecule has 0 bridgehead atoms. The summed E-state index contributed by atoms with van der Waals surface area (Å²) in [6, 6.07) is 9.87. The van der Waals surface area contributed by atoms with Crippen molar-refractivity contribution in [2.45, 2.75) is 52.0 Å². The Bertz CT molecular complexity index is 1160. The first-order valence-corrected chi connectivity index (χ1v) is 11.2. The van der Waals surface area contributed by atoms with Crippen molar-refractivity contribution in [2.75, 3.05) is 4.90 Å². The maximum Gasteiger partial charge on any atom is 0.416 e. The number of carbonyl (C=O) groups is 2. The molecule has 3 aromatic rings. The van der Waals surface area contributed by atoms with Gasteiger partial charge in [-0.2, -0.15) is 18.0 Å². The van der Waals surface area contributed by atoms with Gasteiger partial charge in [0.15, 0.2) is 0 Å². The molecule has 0 radical (unpaired) electrons. The second kappa shape index (κ2) is 10.9. The molecule has 0 fully saturated rings. The van der Waals surface area contributed by atoms with Gasteiger partial charge in [0, 0.05) is 22.3 Å². The largest absolute Gasteiger partial charge is 0.416 e. The number of alkyl halides is 3. The lowest BCUT2D eigenvalue weighted by molar-refractivity contribution is -0.137. The molecule has 1 aromatic heterocycles. The molecule has 3 rings (SSSR count). The molecule has 1 atom stereocenters. The number of nitrogens with zero attached hydrogens (tertiary/aromatic N) is 5. The number of nitrogens with one attached hydrogen (secondary N) is 1. The van der Waals surface area contributed by atoms with E-state index in [1.807, 2.05) is 13.8 Å². The van der Waals surface area contributed by atoms with Gasteiger partial charge in [-0.15, -0.1) is 10.2 Å². The Morgan fingerprint density at radius 3 is 2.26 bits per heavy atom. The summed E-state index contributed by atoms with van der Waals surface area (Å²) in [4.78, 5) is 28.6. The summed E-state index contributed by atoms with van der Waals surface area (Å²) in [5, 5.41) is 15.1. The molecule has 12 heteroatoms. The molecule has 0 spiro atoms. The molecule has 0 unspecified atom stereocenters. The van der Waals surface area contributed by atoms with E-state index in [9.17, 15) is 22.8 Å². The topological polar surface area (TPSA) is 93.0 Å². The summed E-state index contributed by atoms with van der Waals surface area (Å²) in [5.41, 5.74) is -0.0186. The molecule has 0 aliphatic heterocycles. The zero-order chi connectivity index (χ0) is 25.8. The minimum Gasteiger partial charge on any atom is -0.352 e. The van der Waals surface area contributed by atoms with Gasteiger partial charge in [0.25, 0.3) is 5.91 Å². The quantitative estimate of drug-likeness (QED) is 0.488. The molecule has 186 valence electrons. The third kappa shape index (κ3) is 6.56. The minimum atomic E-state index is -4.46. The lowest BCUT2D eigenvalue weighted by Crippen LogP contribution is -2.52. The van der Waals surface area contributed by atoms with Crippen LogP contribution in [0.25, 0.3) is 11.4 Å². The summed E-state index contributed by atoms with van der Waals surface area (Å²) in [5.74, 6) is -0.730. The smallest absolute Gasteiger partial charge is 0.352 e. The number of hydrogen-bond donors (Lipinski definition) is 1. The van der Waals surface area contributed by atoms with Crippen LogP contribution in [0.1, 0.15) is 32.8 Å². The highest BCUT2D eigenvalue weighted by molar-refractivity contribution is 6.30. The summed E-state index contributed by atoms with van der Waals surface area (Å²) in [6.45, 7) is 5.08. The van der Waals surface area contributed by atoms with E-state index in [0.717, 1.165) is 16.9 Å². The van der Waals surface area contributed by atoms with Crippen LogP contribution in [0.15, 0.2) is 48.5 Å². The molecule has 8 nitrogen and oxygen atoms in total. The second-order valence-corrected chi connectivity index (χ2v) is 8.48. The number of tetrazole rings is 1. The highest BCUT2D eigenvalue weighted by atomic mass is 35.5. The van der Waals surface area contributed by atoms with Crippen LogP contribution in [-0.2, 0) is 22.3 Å². The van der Waals surface area contributed by atoms with E-state index in [1.54, 1.807) is 31.2 Å². The number of benzene rings is 2. The Morgan fingerprint density at radius 2 is 1.71 bits per heavy atom. The standard InChI is InChI=1S/C23H24ClF3N6O2/c1-4-19(22(35)28-14(2)3)33(18-11-9-17(24)10-12-18)20(34)13-32-30-21(29-31-32)15-5-7-16(8-6-15)23(25,26)27/h5-12,14,19H,4,13H2,1-3H3,(H,28,35)/t19-/m0/s1. The lowest BCUT2D eigenvalue weighted by Gasteiger charge is -2.31. The van der Waals surface area contributed by atoms with Crippen LogP contribution in [0.5, 0.6) is 0 Å². The number of aromatic nitrogens is 4. The van der Waals surface area contributed by atoms with Gasteiger partial charge in [-0.3, -0.25) is 14.5 Å². The number of halogens is 4. The van der Waals surface area contributed by atoms with E-state index in [0.29, 0.717) is 22.7 Å². The van der Waals surface area contributed by atoms with Crippen molar-refractivity contribution in [3.8, 4) is 11.4 Å². The summed E-state index contributed by atoms with van der Waals surface area (Å²) < 4.78 is 38.4. The van der Waals surface area contributed by atoms with Crippen LogP contribution >= 0.6 is 11.6 Å². The normalized spacial score (nSPS) is 12.5.